The molecule has 0 saturated heterocycles. The first-order chi connectivity index (χ1) is 7.22. The molecule has 2 rings (SSSR count). The number of carbonyl (C=O) groups is 1. The van der Waals surface area contributed by atoms with E-state index in [1.165, 1.54) is 6.07 Å². The number of hydrogen-bond donors (Lipinski definition) is 0. The maximum Gasteiger partial charge on any atom is 0.253 e. The molecule has 0 fully saturated rings. The lowest BCUT2D eigenvalue weighted by Crippen LogP contribution is -2.20. The lowest BCUT2D eigenvalue weighted by Gasteiger charge is -2.11. The largest absolute Gasteiger partial charge is 0.272 e. The molecule has 78 valence electrons. The maximum absolute atomic E-state index is 13.4. The van der Waals surface area contributed by atoms with Crippen molar-refractivity contribution in [3.63, 3.8) is 0 Å². The van der Waals surface area contributed by atoms with Crippen molar-refractivity contribution in [1.29, 1.82) is 0 Å². The second kappa shape index (κ2) is 3.81. The summed E-state index contributed by atoms with van der Waals surface area (Å²) >= 11 is 0. The fourth-order valence-corrected chi connectivity index (χ4v) is 1.49. The number of amides is 1. The Hall–Kier alpha value is -1.71. The minimum Gasteiger partial charge on any atom is -0.272 e. The molecule has 4 heteroatoms. The molecule has 1 amide bonds. The van der Waals surface area contributed by atoms with E-state index in [9.17, 15) is 9.18 Å². The van der Waals surface area contributed by atoms with Crippen LogP contribution in [0.15, 0.2) is 29.4 Å². The lowest BCUT2D eigenvalue weighted by atomic mass is 10.2. The zero-order valence-electron chi connectivity index (χ0n) is 8.40. The van der Waals surface area contributed by atoms with E-state index in [-0.39, 0.29) is 11.6 Å². The highest BCUT2D eigenvalue weighted by Crippen LogP contribution is 2.23. The molecule has 0 aromatic heterocycles. The van der Waals surface area contributed by atoms with E-state index in [0.29, 0.717) is 6.42 Å². The average Bonchev–Trinajstić information content (AvgIpc) is 2.60. The van der Waals surface area contributed by atoms with Gasteiger partial charge in [0.25, 0.3) is 5.91 Å². The Morgan fingerprint density at radius 2 is 2.20 bits per heavy atom. The molecule has 0 aliphatic carbocycles. The predicted molar refractivity (Wildman–Crippen MR) is 56.2 cm³/mol. The van der Waals surface area contributed by atoms with Crippen LogP contribution in [0, 0.1) is 5.82 Å². The fraction of sp³-hybridized carbons (Fsp3) is 0.273. The van der Waals surface area contributed by atoms with Crippen LogP contribution < -0.4 is 5.01 Å². The first kappa shape index (κ1) is 9.83. The molecule has 1 heterocycles. The number of nitrogens with zero attached hydrogens (tertiary/aromatic N) is 2. The second-order valence-corrected chi connectivity index (χ2v) is 3.35. The first-order valence-corrected chi connectivity index (χ1v) is 4.86. The van der Waals surface area contributed by atoms with E-state index >= 15 is 0 Å². The molecule has 1 aliphatic rings. The second-order valence-electron chi connectivity index (χ2n) is 3.35. The highest BCUT2D eigenvalue weighted by Gasteiger charge is 2.25. The quantitative estimate of drug-likeness (QED) is 0.730. The topological polar surface area (TPSA) is 32.7 Å². The van der Waals surface area contributed by atoms with Gasteiger partial charge >= 0.3 is 0 Å². The smallest absolute Gasteiger partial charge is 0.253 e. The third-order valence-electron chi connectivity index (χ3n) is 2.32. The molecule has 1 aromatic rings. The Labute approximate surface area is 87.2 Å². The van der Waals surface area contributed by atoms with Gasteiger partial charge in [0.15, 0.2) is 0 Å². The van der Waals surface area contributed by atoms with Crippen LogP contribution in [0.2, 0.25) is 0 Å². The van der Waals surface area contributed by atoms with Crippen LogP contribution in [0.3, 0.4) is 0 Å². The molecule has 0 atom stereocenters. The van der Waals surface area contributed by atoms with Gasteiger partial charge in [0.05, 0.1) is 6.42 Å². The van der Waals surface area contributed by atoms with Gasteiger partial charge in [-0.1, -0.05) is 19.1 Å². The maximum atomic E-state index is 13.4. The lowest BCUT2D eigenvalue weighted by molar-refractivity contribution is -0.116. The molecule has 0 saturated carbocycles. The molecule has 0 spiro atoms. The first-order valence-electron chi connectivity index (χ1n) is 4.86. The van der Waals surface area contributed by atoms with Crippen LogP contribution in [0.1, 0.15) is 19.8 Å². The van der Waals surface area contributed by atoms with E-state index in [0.717, 1.165) is 17.1 Å². The number of para-hydroxylation sites is 1. The number of carbonyl (C=O) groups excluding carboxylic acids is 1. The Balaban J connectivity index is 2.36. The van der Waals surface area contributed by atoms with E-state index in [1.54, 1.807) is 18.2 Å². The normalized spacial score (nSPS) is 15.7. The molecule has 1 aliphatic heterocycles. The Bertz CT molecular complexity index is 428. The van der Waals surface area contributed by atoms with E-state index in [2.05, 4.69) is 5.10 Å². The van der Waals surface area contributed by atoms with Crippen LogP contribution in [0.4, 0.5) is 10.1 Å². The molecular formula is C11H11FN2O. The summed E-state index contributed by atoms with van der Waals surface area (Å²) in [5.74, 6) is -0.594. The number of hydrogen-bond acceptors (Lipinski definition) is 2. The summed E-state index contributed by atoms with van der Waals surface area (Å²) in [6.07, 6.45) is 1.02. The van der Waals surface area contributed by atoms with Crippen molar-refractivity contribution < 1.29 is 9.18 Å². The highest BCUT2D eigenvalue weighted by atomic mass is 19.1. The van der Waals surface area contributed by atoms with Gasteiger partial charge in [-0.05, 0) is 18.6 Å². The molecule has 15 heavy (non-hydrogen) atoms. The molecule has 3 nitrogen and oxygen atoms in total. The summed E-state index contributed by atoms with van der Waals surface area (Å²) in [6.45, 7) is 1.93. The third kappa shape index (κ3) is 1.75. The van der Waals surface area contributed by atoms with Gasteiger partial charge in [0.2, 0.25) is 0 Å². The van der Waals surface area contributed by atoms with E-state index < -0.39 is 5.82 Å². The van der Waals surface area contributed by atoms with Crippen molar-refractivity contribution in [3.05, 3.63) is 30.1 Å². The fourth-order valence-electron chi connectivity index (χ4n) is 1.49. The zero-order valence-corrected chi connectivity index (χ0v) is 8.40. The Kier molecular flexibility index (Phi) is 2.49. The number of rotatable bonds is 2. The number of hydrazone groups is 1. The van der Waals surface area contributed by atoms with Gasteiger partial charge in [0, 0.05) is 5.71 Å². The zero-order chi connectivity index (χ0) is 10.8. The highest BCUT2D eigenvalue weighted by molar-refractivity contribution is 6.12. The minimum absolute atomic E-state index is 0.169. The summed E-state index contributed by atoms with van der Waals surface area (Å²) in [7, 11) is 0. The number of anilines is 1. The summed E-state index contributed by atoms with van der Waals surface area (Å²) in [6, 6.07) is 6.15. The van der Waals surface area contributed by atoms with Crippen molar-refractivity contribution in [3.8, 4) is 0 Å². The van der Waals surface area contributed by atoms with Crippen molar-refractivity contribution in [1.82, 2.24) is 0 Å². The summed E-state index contributed by atoms with van der Waals surface area (Å²) in [4.78, 5) is 11.5. The number of benzene rings is 1. The Morgan fingerprint density at radius 1 is 1.47 bits per heavy atom. The van der Waals surface area contributed by atoms with Gasteiger partial charge in [0.1, 0.15) is 11.5 Å². The van der Waals surface area contributed by atoms with Gasteiger partial charge < -0.3 is 0 Å². The number of halogens is 1. The van der Waals surface area contributed by atoms with Gasteiger partial charge in [-0.25, -0.2) is 4.39 Å². The molecule has 0 N–H and O–H groups in total. The van der Waals surface area contributed by atoms with Crippen molar-refractivity contribution >= 4 is 17.3 Å². The van der Waals surface area contributed by atoms with E-state index in [1.807, 2.05) is 6.92 Å². The monoisotopic (exact) mass is 206 g/mol. The van der Waals surface area contributed by atoms with Crippen molar-refractivity contribution in [2.75, 3.05) is 5.01 Å². The molecule has 0 radical (unpaired) electrons. The molecule has 0 bridgehead atoms. The van der Waals surface area contributed by atoms with Crippen LogP contribution in [0.25, 0.3) is 0 Å². The predicted octanol–water partition coefficient (Wildman–Crippen LogP) is 2.33. The van der Waals surface area contributed by atoms with Crippen molar-refractivity contribution in [2.24, 2.45) is 5.10 Å². The molecule has 0 unspecified atom stereocenters. The van der Waals surface area contributed by atoms with Crippen LogP contribution in [-0.2, 0) is 4.79 Å². The van der Waals surface area contributed by atoms with Crippen LogP contribution in [-0.4, -0.2) is 11.6 Å². The SMILES string of the molecule is CCC1=NN(c2ccccc2F)C(=O)C1. The van der Waals surface area contributed by atoms with Crippen molar-refractivity contribution in [2.45, 2.75) is 19.8 Å². The van der Waals surface area contributed by atoms with Crippen LogP contribution in [0.5, 0.6) is 0 Å². The van der Waals surface area contributed by atoms with E-state index in [4.69, 9.17) is 0 Å². The van der Waals surface area contributed by atoms with Gasteiger partial charge in [-0.3, -0.25) is 4.79 Å². The molecule has 1 aromatic carbocycles. The molecular weight excluding hydrogens is 195 g/mol. The summed E-state index contributed by atoms with van der Waals surface area (Å²) < 4.78 is 13.4. The average molecular weight is 206 g/mol. The van der Waals surface area contributed by atoms with Gasteiger partial charge in [-0.15, -0.1) is 0 Å². The standard InChI is InChI=1S/C11H11FN2O/c1-2-8-7-11(15)14(13-8)10-6-4-3-5-9(10)12/h3-6H,2,7H2,1H3. The minimum atomic E-state index is -0.424. The van der Waals surface area contributed by atoms with Crippen LogP contribution >= 0.6 is 0 Å². The summed E-state index contributed by atoms with van der Waals surface area (Å²) in [5.41, 5.74) is 1.02. The summed E-state index contributed by atoms with van der Waals surface area (Å²) in [5, 5.41) is 5.23. The van der Waals surface area contributed by atoms with Gasteiger partial charge in [-0.2, -0.15) is 10.1 Å². The Morgan fingerprint density at radius 3 is 2.80 bits per heavy atom. The third-order valence-corrected chi connectivity index (χ3v) is 2.32.